The first-order chi connectivity index (χ1) is 13.3. The third-order valence-corrected chi connectivity index (χ3v) is 9.34. The van der Waals surface area contributed by atoms with Crippen LogP contribution < -0.4 is 0 Å². The summed E-state index contributed by atoms with van der Waals surface area (Å²) in [7, 11) is 2.20. The Morgan fingerprint density at radius 2 is 1.80 bits per heavy atom. The molecule has 0 spiro atoms. The standard InChI is InChI=1S/C21H33O7P.Ac/c1-9-11(22)7-21(26)10(2)16-19(5,17(24)15(23)14(9)18(21,3)4)12(28-29)6-13-20(16,25)8-27-13;/h10-13,15-16,22-23,25-26H,6-8,29H2,1-5H3;/t10-,11?,12?,13?,15?,16?,19+,20-,21?;/m0./s1. The van der Waals surface area contributed by atoms with Gasteiger partial charge in [-0.2, -0.15) is 0 Å². The molecule has 2 bridgehead atoms. The first-order valence-electron chi connectivity index (χ1n) is 10.3. The molecule has 1 radical (unpaired) electrons. The average molecular weight is 655 g/mol. The normalized spacial score (nSPS) is 52.3. The van der Waals surface area contributed by atoms with Gasteiger partial charge in [0.25, 0.3) is 0 Å². The molecule has 30 heavy (non-hydrogen) atoms. The summed E-state index contributed by atoms with van der Waals surface area (Å²) in [6.07, 6.45) is -3.20. The van der Waals surface area contributed by atoms with Gasteiger partial charge in [0, 0.05) is 77.7 Å². The Balaban J connectivity index is 0.00000256. The minimum atomic E-state index is -1.50. The fourth-order valence-electron chi connectivity index (χ4n) is 7.18. The van der Waals surface area contributed by atoms with Crippen LogP contribution in [0.1, 0.15) is 47.5 Å². The van der Waals surface area contributed by atoms with Crippen LogP contribution in [0.15, 0.2) is 11.1 Å². The van der Waals surface area contributed by atoms with Gasteiger partial charge in [0.1, 0.15) is 11.7 Å². The summed E-state index contributed by atoms with van der Waals surface area (Å²) in [6.45, 7) is 8.94. The molecule has 4 N–H and O–H groups in total. The molecule has 0 aromatic rings. The van der Waals surface area contributed by atoms with Gasteiger partial charge in [0.05, 0.1) is 35.9 Å². The van der Waals surface area contributed by atoms with Crippen molar-refractivity contribution in [2.75, 3.05) is 6.61 Å². The van der Waals surface area contributed by atoms with Crippen molar-refractivity contribution in [3.63, 3.8) is 0 Å². The molecule has 10 atom stereocenters. The zero-order valence-electron chi connectivity index (χ0n) is 18.3. The molecule has 4 aliphatic rings. The summed E-state index contributed by atoms with van der Waals surface area (Å²) < 4.78 is 11.2. The quantitative estimate of drug-likeness (QED) is 0.244. The van der Waals surface area contributed by atoms with E-state index in [4.69, 9.17) is 9.26 Å². The van der Waals surface area contributed by atoms with E-state index in [-0.39, 0.29) is 57.1 Å². The number of aliphatic hydroxyl groups is 4. The molecule has 4 rings (SSSR count). The molecule has 0 amide bonds. The molecule has 167 valence electrons. The number of carbonyl (C=O) groups is 1. The first kappa shape index (κ1) is 25.7. The Morgan fingerprint density at radius 3 is 2.30 bits per heavy atom. The van der Waals surface area contributed by atoms with Gasteiger partial charge in [0.2, 0.25) is 0 Å². The Bertz CT molecular complexity index is 787. The van der Waals surface area contributed by atoms with E-state index in [2.05, 4.69) is 9.47 Å². The van der Waals surface area contributed by atoms with E-state index in [1.807, 2.05) is 6.92 Å². The summed E-state index contributed by atoms with van der Waals surface area (Å²) in [6, 6.07) is 0. The van der Waals surface area contributed by atoms with Gasteiger partial charge in [-0.3, -0.25) is 4.79 Å². The van der Waals surface area contributed by atoms with Gasteiger partial charge >= 0.3 is 0 Å². The van der Waals surface area contributed by atoms with E-state index in [1.54, 1.807) is 27.7 Å². The summed E-state index contributed by atoms with van der Waals surface area (Å²) >= 11 is 0. The molecule has 3 fully saturated rings. The Labute approximate surface area is 215 Å². The van der Waals surface area contributed by atoms with Crippen molar-refractivity contribution < 1.29 is 78.5 Å². The smallest absolute Gasteiger partial charge is 0.174 e. The van der Waals surface area contributed by atoms with Crippen LogP contribution in [0.5, 0.6) is 0 Å². The van der Waals surface area contributed by atoms with E-state index in [0.717, 1.165) is 0 Å². The van der Waals surface area contributed by atoms with E-state index < -0.39 is 64.1 Å². The zero-order chi connectivity index (χ0) is 21.7. The predicted octanol–water partition coefficient (Wildman–Crippen LogP) is 0.736. The summed E-state index contributed by atoms with van der Waals surface area (Å²) in [5.41, 5.74) is -4.08. The molecule has 9 heteroatoms. The molecule has 3 aliphatic carbocycles. The second-order valence-electron chi connectivity index (χ2n) is 10.3. The maximum Gasteiger partial charge on any atom is 0.174 e. The van der Waals surface area contributed by atoms with Crippen LogP contribution in [-0.2, 0) is 14.1 Å². The van der Waals surface area contributed by atoms with Crippen LogP contribution in [0.3, 0.4) is 0 Å². The molecule has 7 nitrogen and oxygen atoms in total. The fourth-order valence-corrected chi connectivity index (χ4v) is 7.57. The summed E-state index contributed by atoms with van der Waals surface area (Å²) in [5, 5.41) is 45.6. The van der Waals surface area contributed by atoms with Crippen LogP contribution in [0, 0.1) is 66.7 Å². The minimum absolute atomic E-state index is 0. The monoisotopic (exact) mass is 655 g/mol. The van der Waals surface area contributed by atoms with Crippen molar-refractivity contribution in [3.8, 4) is 0 Å². The third kappa shape index (κ3) is 2.88. The van der Waals surface area contributed by atoms with Crippen molar-refractivity contribution >= 4 is 15.2 Å². The molecule has 1 heterocycles. The van der Waals surface area contributed by atoms with E-state index >= 15 is 0 Å². The Kier molecular flexibility index (Phi) is 6.66. The molecular weight excluding hydrogens is 622 g/mol. The van der Waals surface area contributed by atoms with Crippen LogP contribution in [0.4, 0.5) is 0 Å². The van der Waals surface area contributed by atoms with Gasteiger partial charge in [-0.1, -0.05) is 20.8 Å². The number of rotatable bonds is 1. The number of fused-ring (bicyclic) bond motifs is 5. The Hall–Kier alpha value is 1.04. The number of ketones is 1. The van der Waals surface area contributed by atoms with Crippen LogP contribution in [0.2, 0.25) is 0 Å². The third-order valence-electron chi connectivity index (χ3n) is 9.01. The number of hydrogen-bond acceptors (Lipinski definition) is 7. The second kappa shape index (κ2) is 7.79. The van der Waals surface area contributed by atoms with E-state index in [9.17, 15) is 25.2 Å². The minimum Gasteiger partial charge on any atom is -0.389 e. The molecule has 0 aromatic carbocycles. The number of aliphatic hydroxyl groups excluding tert-OH is 2. The van der Waals surface area contributed by atoms with Crippen LogP contribution >= 0.6 is 9.47 Å². The number of Topliss-reactive ketones (excluding diaryl/α,β-unsaturated/α-hetero) is 1. The van der Waals surface area contributed by atoms with Gasteiger partial charge in [0.15, 0.2) is 5.78 Å². The van der Waals surface area contributed by atoms with E-state index in [1.165, 1.54) is 0 Å². The maximum absolute atomic E-state index is 13.8. The summed E-state index contributed by atoms with van der Waals surface area (Å²) in [5.74, 6) is -1.73. The molecule has 1 aliphatic heterocycles. The topological polar surface area (TPSA) is 116 Å². The zero-order valence-corrected chi connectivity index (χ0v) is 24.2. The maximum atomic E-state index is 13.8. The van der Waals surface area contributed by atoms with Gasteiger partial charge in [-0.15, -0.1) is 0 Å². The molecule has 2 saturated carbocycles. The van der Waals surface area contributed by atoms with Gasteiger partial charge < -0.3 is 29.7 Å². The molecule has 0 aromatic heterocycles. The molecule has 1 saturated heterocycles. The number of carbonyl (C=O) groups excluding carboxylic acids is 1. The van der Waals surface area contributed by atoms with Gasteiger partial charge in [-0.25, -0.2) is 0 Å². The number of ether oxygens (including phenoxy) is 1. The Morgan fingerprint density at radius 1 is 1.20 bits per heavy atom. The fraction of sp³-hybridized carbons (Fsp3) is 0.857. The SMILES string of the molecule is CC1=C2C(O)C(=O)[C@]3(C)C(OP)CC4OC[C@@]4(O)C3[C@H](C)C(O)(CC1O)C2(C)C.[Ac]. The number of hydrogen-bond donors (Lipinski definition) is 4. The van der Waals surface area contributed by atoms with Crippen molar-refractivity contribution in [3.05, 3.63) is 11.1 Å². The first-order valence-corrected chi connectivity index (χ1v) is 10.8. The second-order valence-corrected chi connectivity index (χ2v) is 10.6. The van der Waals surface area contributed by atoms with Crippen LogP contribution in [0.25, 0.3) is 0 Å². The van der Waals surface area contributed by atoms with Crippen molar-refractivity contribution in [2.24, 2.45) is 22.7 Å². The average Bonchev–Trinajstić information content (AvgIpc) is 2.63. The van der Waals surface area contributed by atoms with Crippen molar-refractivity contribution in [1.29, 1.82) is 0 Å². The van der Waals surface area contributed by atoms with Crippen molar-refractivity contribution in [1.82, 2.24) is 0 Å². The largest absolute Gasteiger partial charge is 0.389 e. The van der Waals surface area contributed by atoms with E-state index in [0.29, 0.717) is 17.6 Å². The van der Waals surface area contributed by atoms with Crippen LogP contribution in [-0.4, -0.2) is 68.4 Å². The van der Waals surface area contributed by atoms with Crippen molar-refractivity contribution in [2.45, 2.75) is 83.1 Å². The molecule has 7 unspecified atom stereocenters. The summed E-state index contributed by atoms with van der Waals surface area (Å²) in [4.78, 5) is 13.8. The predicted molar refractivity (Wildman–Crippen MR) is 108 cm³/mol. The van der Waals surface area contributed by atoms with Gasteiger partial charge in [-0.05, 0) is 30.9 Å². The molecular formula is C21H33AcO7P.